The molecule has 19 heavy (non-hydrogen) atoms. The molecule has 0 aliphatic rings. The molecule has 98 valence electrons. The van der Waals surface area contributed by atoms with Crippen molar-refractivity contribution in [3.05, 3.63) is 57.3 Å². The van der Waals surface area contributed by atoms with Crippen LogP contribution in [0.1, 0.15) is 17.3 Å². The molecule has 0 amide bonds. The molecule has 0 saturated heterocycles. The minimum atomic E-state index is -0.139. The summed E-state index contributed by atoms with van der Waals surface area (Å²) >= 11 is 13.5. The monoisotopic (exact) mass is 311 g/mol. The van der Waals surface area contributed by atoms with Crippen molar-refractivity contribution in [1.82, 2.24) is 9.38 Å². The molecule has 6 heteroatoms. The fourth-order valence-electron chi connectivity index (χ4n) is 1.96. The van der Waals surface area contributed by atoms with E-state index in [1.54, 1.807) is 17.4 Å². The summed E-state index contributed by atoms with van der Waals surface area (Å²) in [6.45, 7) is 0. The van der Waals surface area contributed by atoms with Crippen LogP contribution in [0.2, 0.25) is 10.0 Å². The van der Waals surface area contributed by atoms with Crippen molar-refractivity contribution < 1.29 is 0 Å². The standard InChI is InChI=1S/C13H11Cl2N3S/c14-10-2-1-8(5-11(10)15)12(16)6-9-7-18-3-4-19-13(18)17-9/h1-5,7,12H,6,16H2. The fraction of sp³-hybridized carbons (Fsp3) is 0.154. The summed E-state index contributed by atoms with van der Waals surface area (Å²) in [6, 6.07) is 5.34. The van der Waals surface area contributed by atoms with Gasteiger partial charge in [0.15, 0.2) is 4.96 Å². The van der Waals surface area contributed by atoms with Gasteiger partial charge in [-0.3, -0.25) is 4.40 Å². The Morgan fingerprint density at radius 3 is 2.89 bits per heavy atom. The smallest absolute Gasteiger partial charge is 0.193 e. The van der Waals surface area contributed by atoms with Gasteiger partial charge in [0.2, 0.25) is 0 Å². The molecule has 1 unspecified atom stereocenters. The summed E-state index contributed by atoms with van der Waals surface area (Å²) in [4.78, 5) is 5.50. The summed E-state index contributed by atoms with van der Waals surface area (Å²) in [5.74, 6) is 0. The number of thiazole rings is 1. The number of nitrogens with two attached hydrogens (primary N) is 1. The number of imidazole rings is 1. The van der Waals surface area contributed by atoms with Crippen molar-refractivity contribution in [1.29, 1.82) is 0 Å². The van der Waals surface area contributed by atoms with Gasteiger partial charge in [-0.15, -0.1) is 11.3 Å². The van der Waals surface area contributed by atoms with Crippen LogP contribution in [0, 0.1) is 0 Å². The third-order valence-corrected chi connectivity index (χ3v) is 4.45. The van der Waals surface area contributed by atoms with Crippen molar-refractivity contribution in [2.24, 2.45) is 5.73 Å². The second kappa shape index (κ2) is 5.13. The van der Waals surface area contributed by atoms with E-state index in [4.69, 9.17) is 28.9 Å². The molecule has 2 aromatic heterocycles. The lowest BCUT2D eigenvalue weighted by Crippen LogP contribution is -2.13. The van der Waals surface area contributed by atoms with Gasteiger partial charge in [-0.25, -0.2) is 4.98 Å². The van der Waals surface area contributed by atoms with Gasteiger partial charge in [-0.05, 0) is 17.7 Å². The maximum Gasteiger partial charge on any atom is 0.193 e. The lowest BCUT2D eigenvalue weighted by Gasteiger charge is -2.11. The Morgan fingerprint density at radius 2 is 2.16 bits per heavy atom. The molecule has 2 heterocycles. The van der Waals surface area contributed by atoms with E-state index in [1.807, 2.05) is 34.3 Å². The molecule has 3 aromatic rings. The molecule has 0 fully saturated rings. The van der Waals surface area contributed by atoms with E-state index in [2.05, 4.69) is 4.98 Å². The zero-order valence-corrected chi connectivity index (χ0v) is 12.2. The highest BCUT2D eigenvalue weighted by Gasteiger charge is 2.11. The summed E-state index contributed by atoms with van der Waals surface area (Å²) in [5, 5.41) is 3.07. The zero-order chi connectivity index (χ0) is 13.4. The van der Waals surface area contributed by atoms with Crippen molar-refractivity contribution in [2.75, 3.05) is 0 Å². The van der Waals surface area contributed by atoms with Crippen molar-refractivity contribution in [3.63, 3.8) is 0 Å². The van der Waals surface area contributed by atoms with Crippen LogP contribution in [0.15, 0.2) is 36.0 Å². The minimum absolute atomic E-state index is 0.139. The fourth-order valence-corrected chi connectivity index (χ4v) is 2.99. The topological polar surface area (TPSA) is 43.3 Å². The Balaban J connectivity index is 1.82. The summed E-state index contributed by atoms with van der Waals surface area (Å²) in [5.41, 5.74) is 8.13. The van der Waals surface area contributed by atoms with Crippen molar-refractivity contribution >= 4 is 39.5 Å². The number of aromatic nitrogens is 2. The first kappa shape index (κ1) is 12.9. The highest BCUT2D eigenvalue weighted by molar-refractivity contribution is 7.15. The number of rotatable bonds is 3. The molecule has 0 saturated carbocycles. The van der Waals surface area contributed by atoms with Gasteiger partial charge in [0, 0.05) is 30.2 Å². The van der Waals surface area contributed by atoms with Gasteiger partial charge in [0.25, 0.3) is 0 Å². The maximum atomic E-state index is 6.19. The van der Waals surface area contributed by atoms with Crippen molar-refractivity contribution in [3.8, 4) is 0 Å². The predicted molar refractivity (Wildman–Crippen MR) is 80.2 cm³/mol. The van der Waals surface area contributed by atoms with Gasteiger partial charge in [-0.1, -0.05) is 29.3 Å². The average molecular weight is 312 g/mol. The first-order valence-electron chi connectivity index (χ1n) is 5.75. The molecule has 3 nitrogen and oxygen atoms in total. The molecule has 0 bridgehead atoms. The van der Waals surface area contributed by atoms with Crippen LogP contribution in [-0.4, -0.2) is 9.38 Å². The number of hydrogen-bond donors (Lipinski definition) is 1. The molecule has 1 aromatic carbocycles. The Hall–Kier alpha value is -1.07. The predicted octanol–water partition coefficient (Wildman–Crippen LogP) is 3.95. The largest absolute Gasteiger partial charge is 0.324 e. The molecule has 0 aliphatic carbocycles. The van der Waals surface area contributed by atoms with E-state index >= 15 is 0 Å². The zero-order valence-electron chi connectivity index (χ0n) is 9.88. The number of benzene rings is 1. The average Bonchev–Trinajstić information content (AvgIpc) is 2.93. The van der Waals surface area contributed by atoms with E-state index in [0.29, 0.717) is 16.5 Å². The normalized spacial score (nSPS) is 13.0. The van der Waals surface area contributed by atoms with Crippen LogP contribution >= 0.6 is 34.5 Å². The summed E-state index contributed by atoms with van der Waals surface area (Å²) < 4.78 is 2.00. The third kappa shape index (κ3) is 2.62. The minimum Gasteiger partial charge on any atom is -0.324 e. The molecule has 0 aliphatic heterocycles. The van der Waals surface area contributed by atoms with Crippen LogP contribution in [0.5, 0.6) is 0 Å². The molecular formula is C13H11Cl2N3S. The number of nitrogens with zero attached hydrogens (tertiary/aromatic N) is 2. The Bertz CT molecular complexity index is 691. The molecule has 0 radical (unpaired) electrons. The quantitative estimate of drug-likeness (QED) is 0.796. The third-order valence-electron chi connectivity index (χ3n) is 2.94. The highest BCUT2D eigenvalue weighted by atomic mass is 35.5. The Labute approximate surface area is 124 Å². The number of halogens is 2. The maximum absolute atomic E-state index is 6.19. The van der Waals surface area contributed by atoms with Crippen LogP contribution in [0.25, 0.3) is 4.96 Å². The SMILES string of the molecule is NC(Cc1cn2ccsc2n1)c1ccc(Cl)c(Cl)c1. The van der Waals surface area contributed by atoms with Crippen LogP contribution in [-0.2, 0) is 6.42 Å². The van der Waals surface area contributed by atoms with E-state index in [-0.39, 0.29) is 6.04 Å². The Morgan fingerprint density at radius 1 is 1.32 bits per heavy atom. The van der Waals surface area contributed by atoms with Gasteiger partial charge < -0.3 is 5.73 Å². The number of fused-ring (bicyclic) bond motifs is 1. The molecule has 3 rings (SSSR count). The molecular weight excluding hydrogens is 301 g/mol. The van der Waals surface area contributed by atoms with E-state index < -0.39 is 0 Å². The first-order valence-corrected chi connectivity index (χ1v) is 7.38. The van der Waals surface area contributed by atoms with E-state index in [9.17, 15) is 0 Å². The van der Waals surface area contributed by atoms with Crippen LogP contribution in [0.3, 0.4) is 0 Å². The summed E-state index contributed by atoms with van der Waals surface area (Å²) in [7, 11) is 0. The van der Waals surface area contributed by atoms with Crippen LogP contribution < -0.4 is 5.73 Å². The lowest BCUT2D eigenvalue weighted by molar-refractivity contribution is 0.710. The molecule has 0 spiro atoms. The highest BCUT2D eigenvalue weighted by Crippen LogP contribution is 2.26. The second-order valence-corrected chi connectivity index (χ2v) is 6.00. The van der Waals surface area contributed by atoms with Crippen molar-refractivity contribution in [2.45, 2.75) is 12.5 Å². The van der Waals surface area contributed by atoms with Gasteiger partial charge in [0.05, 0.1) is 15.7 Å². The molecule has 2 N–H and O–H groups in total. The van der Waals surface area contributed by atoms with E-state index in [0.717, 1.165) is 16.2 Å². The van der Waals surface area contributed by atoms with Crippen LogP contribution in [0.4, 0.5) is 0 Å². The van der Waals surface area contributed by atoms with Gasteiger partial charge in [0.1, 0.15) is 0 Å². The summed E-state index contributed by atoms with van der Waals surface area (Å²) in [6.07, 6.45) is 4.66. The lowest BCUT2D eigenvalue weighted by atomic mass is 10.0. The molecule has 1 atom stereocenters. The van der Waals surface area contributed by atoms with E-state index in [1.165, 1.54) is 0 Å². The first-order chi connectivity index (χ1) is 9.13. The number of hydrogen-bond acceptors (Lipinski definition) is 3. The Kier molecular flexibility index (Phi) is 3.50. The second-order valence-electron chi connectivity index (χ2n) is 4.31. The van der Waals surface area contributed by atoms with Gasteiger partial charge >= 0.3 is 0 Å². The van der Waals surface area contributed by atoms with Gasteiger partial charge in [-0.2, -0.15) is 0 Å².